The molecule has 0 N–H and O–H groups in total. The third-order valence-corrected chi connectivity index (χ3v) is 4.03. The van der Waals surface area contributed by atoms with Gasteiger partial charge in [0.1, 0.15) is 0 Å². The summed E-state index contributed by atoms with van der Waals surface area (Å²) >= 11 is 0. The maximum atomic E-state index is 13.0. The smallest absolute Gasteiger partial charge is 0.166 e. The molecule has 0 bridgehead atoms. The Bertz CT molecular complexity index is 618. The summed E-state index contributed by atoms with van der Waals surface area (Å²) in [5, 5.41) is 3.61. The van der Waals surface area contributed by atoms with E-state index in [0.29, 0.717) is 12.1 Å². The maximum Gasteiger partial charge on any atom is 0.416 e. The largest absolute Gasteiger partial charge is 0.416 e. The lowest BCUT2D eigenvalue weighted by atomic mass is 9.68. The minimum Gasteiger partial charge on any atom is -0.166 e. The second-order valence-electron chi connectivity index (χ2n) is 6.45. The van der Waals surface area contributed by atoms with Gasteiger partial charge >= 0.3 is 12.4 Å². The molecular weight excluding hydrogens is 336 g/mol. The minimum atomic E-state index is -4.95. The van der Waals surface area contributed by atoms with E-state index in [-0.39, 0.29) is 18.1 Å². The molecule has 1 aromatic carbocycles. The van der Waals surface area contributed by atoms with E-state index in [1.54, 1.807) is 27.7 Å². The normalized spacial score (nSPS) is 15.6. The molecule has 1 rings (SSSR count). The highest BCUT2D eigenvalue weighted by Crippen LogP contribution is 2.48. The van der Waals surface area contributed by atoms with Crippen LogP contribution in [0.25, 0.3) is 10.4 Å². The van der Waals surface area contributed by atoms with E-state index in [9.17, 15) is 26.3 Å². The summed E-state index contributed by atoms with van der Waals surface area (Å²) in [7, 11) is 0. The Morgan fingerprint density at radius 1 is 0.875 bits per heavy atom. The van der Waals surface area contributed by atoms with Crippen LogP contribution in [0.1, 0.15) is 50.8 Å². The molecule has 3 nitrogen and oxygen atoms in total. The average molecular weight is 353 g/mol. The Morgan fingerprint density at radius 2 is 1.25 bits per heavy atom. The number of alkyl halides is 6. The van der Waals surface area contributed by atoms with E-state index in [1.807, 2.05) is 0 Å². The molecule has 0 aromatic heterocycles. The van der Waals surface area contributed by atoms with Crippen LogP contribution in [-0.2, 0) is 17.9 Å². The summed E-state index contributed by atoms with van der Waals surface area (Å²) in [5.74, 6) is 0. The summed E-state index contributed by atoms with van der Waals surface area (Å²) in [5.41, 5.74) is 3.21. The number of halogens is 6. The molecule has 0 radical (unpaired) electrons. The van der Waals surface area contributed by atoms with Gasteiger partial charge in [0.2, 0.25) is 0 Å². The SMILES string of the molecule is CC[C@](N=[N+]=[N-])(c1cc(C(F)(F)F)cc(C(F)(F)F)c1)C(C)(C)C. The number of rotatable bonds is 3. The third-order valence-electron chi connectivity index (χ3n) is 4.03. The van der Waals surface area contributed by atoms with Crippen LogP contribution in [0.3, 0.4) is 0 Å². The third kappa shape index (κ3) is 3.77. The second-order valence-corrected chi connectivity index (χ2v) is 6.45. The first kappa shape index (κ1) is 20.2. The lowest BCUT2D eigenvalue weighted by Crippen LogP contribution is -2.38. The van der Waals surface area contributed by atoms with Crippen LogP contribution in [0.5, 0.6) is 0 Å². The van der Waals surface area contributed by atoms with E-state index in [1.165, 1.54) is 0 Å². The summed E-state index contributed by atoms with van der Waals surface area (Å²) in [6.07, 6.45) is -9.87. The monoisotopic (exact) mass is 353 g/mol. The van der Waals surface area contributed by atoms with Gasteiger partial charge in [0, 0.05) is 4.91 Å². The Kier molecular flexibility index (Phi) is 5.21. The number of nitrogens with zero attached hydrogens (tertiary/aromatic N) is 3. The van der Waals surface area contributed by atoms with Crippen molar-refractivity contribution < 1.29 is 26.3 Å². The lowest BCUT2D eigenvalue weighted by Gasteiger charge is -2.41. The molecule has 1 aromatic rings. The fourth-order valence-electron chi connectivity index (χ4n) is 2.72. The molecule has 0 amide bonds. The zero-order chi connectivity index (χ0) is 19.0. The van der Waals surface area contributed by atoms with Crippen LogP contribution in [-0.4, -0.2) is 0 Å². The molecule has 0 aliphatic heterocycles. The van der Waals surface area contributed by atoms with E-state index in [0.717, 1.165) is 0 Å². The van der Waals surface area contributed by atoms with Crippen LogP contribution in [0.15, 0.2) is 23.3 Å². The molecule has 0 heterocycles. The number of azide groups is 1. The van der Waals surface area contributed by atoms with Gasteiger partial charge in [0.15, 0.2) is 0 Å². The van der Waals surface area contributed by atoms with Gasteiger partial charge in [-0.1, -0.05) is 32.8 Å². The van der Waals surface area contributed by atoms with Crippen molar-refractivity contribution in [1.82, 2.24) is 0 Å². The molecule has 1 atom stereocenters. The van der Waals surface area contributed by atoms with E-state index >= 15 is 0 Å². The maximum absolute atomic E-state index is 13.0. The Hall–Kier alpha value is -1.89. The molecule has 0 saturated heterocycles. The molecule has 24 heavy (non-hydrogen) atoms. The van der Waals surface area contributed by atoms with Crippen molar-refractivity contribution in [1.29, 1.82) is 0 Å². The molecule has 0 unspecified atom stereocenters. The Labute approximate surface area is 135 Å². The van der Waals surface area contributed by atoms with Gasteiger partial charge in [-0.3, -0.25) is 0 Å². The predicted molar refractivity (Wildman–Crippen MR) is 77.0 cm³/mol. The van der Waals surface area contributed by atoms with Gasteiger partial charge < -0.3 is 0 Å². The molecule has 0 fully saturated rings. The zero-order valence-electron chi connectivity index (χ0n) is 13.5. The number of benzene rings is 1. The van der Waals surface area contributed by atoms with Gasteiger partial charge in [-0.2, -0.15) is 26.3 Å². The summed E-state index contributed by atoms with van der Waals surface area (Å²) in [4.78, 5) is 2.67. The van der Waals surface area contributed by atoms with Crippen LogP contribution < -0.4 is 0 Å². The van der Waals surface area contributed by atoms with Crippen molar-refractivity contribution in [3.8, 4) is 0 Å². The van der Waals surface area contributed by atoms with Crippen LogP contribution in [0.2, 0.25) is 0 Å². The minimum absolute atomic E-state index is 0.0408. The summed E-state index contributed by atoms with van der Waals surface area (Å²) in [6.45, 7) is 6.34. The lowest BCUT2D eigenvalue weighted by molar-refractivity contribution is -0.143. The molecule has 9 heteroatoms. The topological polar surface area (TPSA) is 48.8 Å². The molecule has 0 spiro atoms. The predicted octanol–water partition coefficient (Wildman–Crippen LogP) is 6.69. The number of hydrogen-bond donors (Lipinski definition) is 0. The van der Waals surface area contributed by atoms with Crippen LogP contribution in [0.4, 0.5) is 26.3 Å². The van der Waals surface area contributed by atoms with Crippen LogP contribution in [0, 0.1) is 5.41 Å². The highest BCUT2D eigenvalue weighted by atomic mass is 19.4. The van der Waals surface area contributed by atoms with Gasteiger partial charge in [-0.15, -0.1) is 0 Å². The van der Waals surface area contributed by atoms with Crippen molar-refractivity contribution in [3.63, 3.8) is 0 Å². The molecule has 0 aliphatic carbocycles. The second kappa shape index (κ2) is 6.20. The Morgan fingerprint density at radius 3 is 1.50 bits per heavy atom. The zero-order valence-corrected chi connectivity index (χ0v) is 13.5. The van der Waals surface area contributed by atoms with Crippen molar-refractivity contribution >= 4 is 0 Å². The van der Waals surface area contributed by atoms with Crippen LogP contribution >= 0.6 is 0 Å². The fraction of sp³-hybridized carbons (Fsp3) is 0.600. The molecule has 0 aliphatic rings. The van der Waals surface area contributed by atoms with Gasteiger partial charge in [0.05, 0.1) is 16.7 Å². The first-order valence-corrected chi connectivity index (χ1v) is 7.05. The van der Waals surface area contributed by atoms with Gasteiger partial charge in [-0.25, -0.2) is 0 Å². The molecule has 0 saturated carbocycles. The number of hydrogen-bond acceptors (Lipinski definition) is 1. The highest BCUT2D eigenvalue weighted by Gasteiger charge is 2.45. The average Bonchev–Trinajstić information content (AvgIpc) is 2.41. The van der Waals surface area contributed by atoms with E-state index in [4.69, 9.17) is 5.53 Å². The first-order chi connectivity index (χ1) is 10.7. The van der Waals surface area contributed by atoms with Gasteiger partial charge in [-0.05, 0) is 41.1 Å². The molecule has 134 valence electrons. The summed E-state index contributed by atoms with van der Waals surface area (Å²) < 4.78 is 78.2. The standard InChI is InChI=1S/C15H17F6N3/c1-5-13(23-24-22,12(2,3)4)9-6-10(14(16,17)18)8-11(7-9)15(19,20)21/h6-8H,5H2,1-4H3/t13-/m0/s1. The molecular formula is C15H17F6N3. The highest BCUT2D eigenvalue weighted by molar-refractivity contribution is 5.39. The van der Waals surface area contributed by atoms with E-state index < -0.39 is 34.4 Å². The van der Waals surface area contributed by atoms with Crippen molar-refractivity contribution in [2.45, 2.75) is 52.0 Å². The van der Waals surface area contributed by atoms with Gasteiger partial charge in [0.25, 0.3) is 0 Å². The van der Waals surface area contributed by atoms with Crippen molar-refractivity contribution in [2.75, 3.05) is 0 Å². The Balaban J connectivity index is 3.87. The van der Waals surface area contributed by atoms with Crippen molar-refractivity contribution in [3.05, 3.63) is 45.3 Å². The van der Waals surface area contributed by atoms with E-state index in [2.05, 4.69) is 10.0 Å². The fourth-order valence-corrected chi connectivity index (χ4v) is 2.72. The first-order valence-electron chi connectivity index (χ1n) is 7.05. The van der Waals surface area contributed by atoms with Crippen molar-refractivity contribution in [2.24, 2.45) is 10.5 Å². The quantitative estimate of drug-likeness (QED) is 0.252. The summed E-state index contributed by atoms with van der Waals surface area (Å²) in [6, 6.07) is 1.31.